The molecule has 0 aromatic heterocycles. The molecule has 0 aromatic carbocycles. The Labute approximate surface area is 172 Å². The molecule has 1 saturated heterocycles. The summed E-state index contributed by atoms with van der Waals surface area (Å²) in [5, 5.41) is 24.8. The molecule has 0 aliphatic carbocycles. The lowest BCUT2D eigenvalue weighted by atomic mass is 9.64. The fraction of sp³-hybridized carbons (Fsp3) is 0.957. The van der Waals surface area contributed by atoms with Crippen LogP contribution in [-0.2, 0) is 9.53 Å². The zero-order chi connectivity index (χ0) is 22.0. The van der Waals surface area contributed by atoms with Crippen LogP contribution >= 0.6 is 0 Å². The molecule has 0 radical (unpaired) electrons. The molecule has 0 saturated carbocycles. The molecule has 166 valence electrons. The highest BCUT2D eigenvalue weighted by Gasteiger charge is 2.57. The minimum atomic E-state index is -0.816. The van der Waals surface area contributed by atoms with E-state index in [1.807, 2.05) is 13.8 Å². The fourth-order valence-corrected chi connectivity index (χ4v) is 4.91. The van der Waals surface area contributed by atoms with Crippen LogP contribution in [0.1, 0.15) is 88.0 Å². The monoisotopic (exact) mass is 399 g/mol. The van der Waals surface area contributed by atoms with Gasteiger partial charge in [-0.1, -0.05) is 48.5 Å². The first-order valence-electron chi connectivity index (χ1n) is 10.9. The van der Waals surface area contributed by atoms with Crippen molar-refractivity contribution in [3.8, 4) is 0 Å². The van der Waals surface area contributed by atoms with Crippen molar-refractivity contribution in [2.45, 2.75) is 106 Å². The molecule has 3 N–H and O–H groups in total. The van der Waals surface area contributed by atoms with Crippen molar-refractivity contribution in [2.75, 3.05) is 13.2 Å². The van der Waals surface area contributed by atoms with Gasteiger partial charge in [0.25, 0.3) is 0 Å². The van der Waals surface area contributed by atoms with Gasteiger partial charge in [-0.05, 0) is 56.3 Å². The number of hydrogen-bond acceptors (Lipinski definition) is 4. The molecule has 0 spiro atoms. The second-order valence-corrected chi connectivity index (χ2v) is 11.3. The van der Waals surface area contributed by atoms with Gasteiger partial charge in [-0.2, -0.15) is 0 Å². The standard InChI is InChI=1S/C23H45NO4/c1-10-11-28-15-20(4,5)13-18(25)23(16(2)3)12-17(24-19(23)26)21(6,7)14-22(8,9)27/h16-18,25,27H,10-15H2,1-9H3,(H,24,26). The topological polar surface area (TPSA) is 78.8 Å². The van der Waals surface area contributed by atoms with Gasteiger partial charge in [0.15, 0.2) is 0 Å². The second kappa shape index (κ2) is 9.01. The largest absolute Gasteiger partial charge is 0.392 e. The van der Waals surface area contributed by atoms with Crippen molar-refractivity contribution in [2.24, 2.45) is 22.2 Å². The maximum Gasteiger partial charge on any atom is 0.229 e. The van der Waals surface area contributed by atoms with Gasteiger partial charge in [0, 0.05) is 12.6 Å². The lowest BCUT2D eigenvalue weighted by Gasteiger charge is -2.41. The first kappa shape index (κ1) is 25.4. The Kier molecular flexibility index (Phi) is 8.17. The summed E-state index contributed by atoms with van der Waals surface area (Å²) in [7, 11) is 0. The third-order valence-electron chi connectivity index (χ3n) is 6.31. The number of amides is 1. The molecule has 1 rings (SSSR count). The maximum atomic E-state index is 13.2. The van der Waals surface area contributed by atoms with E-state index in [9.17, 15) is 15.0 Å². The minimum absolute atomic E-state index is 0.0118. The van der Waals surface area contributed by atoms with Gasteiger partial charge in [-0.3, -0.25) is 4.79 Å². The molecular weight excluding hydrogens is 354 g/mol. The lowest BCUT2D eigenvalue weighted by Crippen LogP contribution is -2.48. The van der Waals surface area contributed by atoms with Gasteiger partial charge in [0.2, 0.25) is 5.91 Å². The minimum Gasteiger partial charge on any atom is -0.392 e. The van der Waals surface area contributed by atoms with Crippen LogP contribution in [0.4, 0.5) is 0 Å². The van der Waals surface area contributed by atoms with E-state index in [0.717, 1.165) is 6.42 Å². The van der Waals surface area contributed by atoms with Gasteiger partial charge >= 0.3 is 0 Å². The van der Waals surface area contributed by atoms with Crippen molar-refractivity contribution in [3.05, 3.63) is 0 Å². The van der Waals surface area contributed by atoms with Crippen molar-refractivity contribution in [3.63, 3.8) is 0 Å². The van der Waals surface area contributed by atoms with Crippen molar-refractivity contribution in [1.82, 2.24) is 5.32 Å². The van der Waals surface area contributed by atoms with Crippen LogP contribution < -0.4 is 5.32 Å². The third-order valence-corrected chi connectivity index (χ3v) is 6.31. The quantitative estimate of drug-likeness (QED) is 0.460. The van der Waals surface area contributed by atoms with Gasteiger partial charge in [0.05, 0.1) is 23.7 Å². The zero-order valence-electron chi connectivity index (χ0n) is 19.7. The van der Waals surface area contributed by atoms with Crippen LogP contribution in [0.25, 0.3) is 0 Å². The molecule has 1 amide bonds. The third kappa shape index (κ3) is 6.17. The normalized spacial score (nSPS) is 25.3. The Balaban J connectivity index is 3.03. The van der Waals surface area contributed by atoms with E-state index >= 15 is 0 Å². The number of carbonyl (C=O) groups is 1. The number of ether oxygens (including phenoxy) is 1. The van der Waals surface area contributed by atoms with Crippen LogP contribution in [0.5, 0.6) is 0 Å². The SMILES string of the molecule is CCCOCC(C)(C)CC(O)C1(C(C)C)CC(C(C)(C)CC(C)(C)O)NC1=O. The van der Waals surface area contributed by atoms with Crippen LogP contribution in [0.2, 0.25) is 0 Å². The summed E-state index contributed by atoms with van der Waals surface area (Å²) in [5.74, 6) is -0.0492. The van der Waals surface area contributed by atoms with E-state index in [0.29, 0.717) is 32.5 Å². The lowest BCUT2D eigenvalue weighted by molar-refractivity contribution is -0.140. The molecule has 1 heterocycles. The number of rotatable bonds is 11. The molecule has 5 nitrogen and oxygen atoms in total. The van der Waals surface area contributed by atoms with Crippen LogP contribution in [0.15, 0.2) is 0 Å². The molecule has 0 bridgehead atoms. The summed E-state index contributed by atoms with van der Waals surface area (Å²) in [6.45, 7) is 19.3. The molecule has 1 fully saturated rings. The van der Waals surface area contributed by atoms with E-state index in [-0.39, 0.29) is 28.7 Å². The van der Waals surface area contributed by atoms with Gasteiger partial charge in [0.1, 0.15) is 0 Å². The van der Waals surface area contributed by atoms with Gasteiger partial charge < -0.3 is 20.3 Å². The first-order valence-corrected chi connectivity index (χ1v) is 10.9. The number of carbonyl (C=O) groups excluding carboxylic acids is 1. The second-order valence-electron chi connectivity index (χ2n) is 11.3. The smallest absolute Gasteiger partial charge is 0.229 e. The number of nitrogens with one attached hydrogen (secondary N) is 1. The fourth-order valence-electron chi connectivity index (χ4n) is 4.91. The summed E-state index contributed by atoms with van der Waals surface area (Å²) >= 11 is 0. The maximum absolute atomic E-state index is 13.2. The van der Waals surface area contributed by atoms with Crippen LogP contribution in [0, 0.1) is 22.2 Å². The Morgan fingerprint density at radius 2 is 1.79 bits per heavy atom. The van der Waals surface area contributed by atoms with Gasteiger partial charge in [-0.25, -0.2) is 0 Å². The Morgan fingerprint density at radius 1 is 1.21 bits per heavy atom. The molecule has 1 aliphatic heterocycles. The highest BCUT2D eigenvalue weighted by atomic mass is 16.5. The average Bonchev–Trinajstić information content (AvgIpc) is 2.84. The van der Waals surface area contributed by atoms with Gasteiger partial charge in [-0.15, -0.1) is 0 Å². The average molecular weight is 400 g/mol. The summed E-state index contributed by atoms with van der Waals surface area (Å²) in [6, 6.07) is -0.0806. The molecular formula is C23H45NO4. The summed E-state index contributed by atoms with van der Waals surface area (Å²) < 4.78 is 5.72. The zero-order valence-corrected chi connectivity index (χ0v) is 19.7. The molecule has 1 aliphatic rings. The van der Waals surface area contributed by atoms with Crippen LogP contribution in [-0.4, -0.2) is 47.1 Å². The van der Waals surface area contributed by atoms with Crippen molar-refractivity contribution < 1.29 is 19.7 Å². The van der Waals surface area contributed by atoms with Crippen molar-refractivity contribution in [1.29, 1.82) is 0 Å². The number of aliphatic hydroxyl groups is 2. The number of aliphatic hydroxyl groups excluding tert-OH is 1. The van der Waals surface area contributed by atoms with E-state index in [2.05, 4.69) is 39.9 Å². The summed E-state index contributed by atoms with van der Waals surface area (Å²) in [4.78, 5) is 13.2. The predicted molar refractivity (Wildman–Crippen MR) is 114 cm³/mol. The first-order chi connectivity index (χ1) is 12.6. The Hall–Kier alpha value is -0.650. The van der Waals surface area contributed by atoms with Crippen LogP contribution in [0.3, 0.4) is 0 Å². The summed E-state index contributed by atoms with van der Waals surface area (Å²) in [6.07, 6.45) is 1.90. The summed E-state index contributed by atoms with van der Waals surface area (Å²) in [5.41, 5.74) is -2.11. The van der Waals surface area contributed by atoms with E-state index in [1.165, 1.54) is 0 Å². The molecule has 5 heteroatoms. The molecule has 0 aromatic rings. The highest BCUT2D eigenvalue weighted by Crippen LogP contribution is 2.49. The molecule has 28 heavy (non-hydrogen) atoms. The van der Waals surface area contributed by atoms with E-state index in [1.54, 1.807) is 13.8 Å². The van der Waals surface area contributed by atoms with Crippen molar-refractivity contribution >= 4 is 5.91 Å². The Morgan fingerprint density at radius 3 is 2.25 bits per heavy atom. The van der Waals surface area contributed by atoms with E-state index in [4.69, 9.17) is 4.74 Å². The van der Waals surface area contributed by atoms with E-state index < -0.39 is 17.1 Å². The highest BCUT2D eigenvalue weighted by molar-refractivity contribution is 5.86. The number of hydrogen-bond donors (Lipinski definition) is 3. The molecule has 3 unspecified atom stereocenters. The predicted octanol–water partition coefficient (Wildman–Crippen LogP) is 3.91. The Bertz CT molecular complexity index is 521. The molecule has 3 atom stereocenters.